The zero-order chi connectivity index (χ0) is 14.2. The Morgan fingerprint density at radius 3 is 2.53 bits per heavy atom. The maximum Gasteiger partial charge on any atom is 0.282 e. The molecule has 0 spiro atoms. The molecule has 0 bridgehead atoms. The van der Waals surface area contributed by atoms with E-state index in [1.165, 1.54) is 17.0 Å². The van der Waals surface area contributed by atoms with E-state index < -0.39 is 15.8 Å². The number of nitrogens with one attached hydrogen (secondary N) is 1. The van der Waals surface area contributed by atoms with E-state index in [1.807, 2.05) is 0 Å². The summed E-state index contributed by atoms with van der Waals surface area (Å²) in [4.78, 5) is 3.68. The first kappa shape index (κ1) is 14.1. The van der Waals surface area contributed by atoms with E-state index in [-0.39, 0.29) is 20.9 Å². The maximum atomic E-state index is 13.1. The number of nitrogens with zero attached hydrogens (tertiary/aromatic N) is 2. The smallest absolute Gasteiger partial charge is 0.282 e. The lowest BCUT2D eigenvalue weighted by molar-refractivity contribution is 0.598. The molecule has 102 valence electrons. The minimum absolute atomic E-state index is 0.00767. The second-order valence-electron chi connectivity index (χ2n) is 3.72. The van der Waals surface area contributed by atoms with Gasteiger partial charge in [0.15, 0.2) is 0 Å². The van der Waals surface area contributed by atoms with Crippen molar-refractivity contribution in [3.63, 3.8) is 0 Å². The van der Waals surface area contributed by atoms with Gasteiger partial charge in [-0.05, 0) is 18.2 Å². The van der Waals surface area contributed by atoms with Crippen LogP contribution in [0.3, 0.4) is 0 Å². The predicted octanol–water partition coefficient (Wildman–Crippen LogP) is 2.67. The molecule has 2 aromatic rings. The van der Waals surface area contributed by atoms with Crippen LogP contribution in [0.15, 0.2) is 29.6 Å². The molecule has 0 saturated heterocycles. The number of benzene rings is 1. The monoisotopic (exact) mass is 323 g/mol. The Kier molecular flexibility index (Phi) is 3.71. The van der Waals surface area contributed by atoms with E-state index in [0.29, 0.717) is 0 Å². The van der Waals surface area contributed by atoms with Gasteiger partial charge in [0.05, 0.1) is 12.0 Å². The number of rotatable bonds is 3. The summed E-state index contributed by atoms with van der Waals surface area (Å²) in [5.74, 6) is -0.655. The minimum Gasteiger partial charge on any atom is -0.324 e. The average molecular weight is 324 g/mol. The van der Waals surface area contributed by atoms with E-state index in [1.54, 1.807) is 7.05 Å². The number of hydrogen-bond acceptors (Lipinski definition) is 3. The number of anilines is 1. The molecule has 0 aliphatic rings. The molecule has 0 atom stereocenters. The van der Waals surface area contributed by atoms with E-state index >= 15 is 0 Å². The standard InChI is InChI=1S/C10H8Cl2FN3O2S/c1-16-5-14-10(9(16)12)19(17,18)15-8-3-6(11)2-7(13)4-8/h2-5,15H,1H3. The average Bonchev–Trinajstić information content (AvgIpc) is 2.57. The topological polar surface area (TPSA) is 64.0 Å². The highest BCUT2D eigenvalue weighted by atomic mass is 35.5. The van der Waals surface area contributed by atoms with E-state index in [0.717, 1.165) is 12.1 Å². The molecule has 1 heterocycles. The summed E-state index contributed by atoms with van der Waals surface area (Å²) in [5, 5.41) is -0.308. The van der Waals surface area contributed by atoms with Crippen molar-refractivity contribution in [2.75, 3.05) is 4.72 Å². The summed E-state index contributed by atoms with van der Waals surface area (Å²) >= 11 is 11.4. The fourth-order valence-corrected chi connectivity index (χ4v) is 3.09. The molecule has 0 aliphatic carbocycles. The summed E-state index contributed by atoms with van der Waals surface area (Å²) < 4.78 is 40.7. The van der Waals surface area contributed by atoms with Gasteiger partial charge in [0.1, 0.15) is 11.0 Å². The van der Waals surface area contributed by atoms with Gasteiger partial charge in [0.25, 0.3) is 10.0 Å². The molecule has 1 N–H and O–H groups in total. The molecule has 1 aromatic heterocycles. The van der Waals surface area contributed by atoms with Crippen LogP contribution in [0.1, 0.15) is 0 Å². The zero-order valence-electron chi connectivity index (χ0n) is 9.56. The first-order chi connectivity index (χ1) is 8.79. The van der Waals surface area contributed by atoms with Crippen LogP contribution in [0.5, 0.6) is 0 Å². The highest BCUT2D eigenvalue weighted by Crippen LogP contribution is 2.24. The van der Waals surface area contributed by atoms with Gasteiger partial charge in [0, 0.05) is 12.1 Å². The van der Waals surface area contributed by atoms with Crippen LogP contribution in [0.2, 0.25) is 10.2 Å². The van der Waals surface area contributed by atoms with Crippen molar-refractivity contribution in [1.82, 2.24) is 9.55 Å². The van der Waals surface area contributed by atoms with Crippen molar-refractivity contribution >= 4 is 38.9 Å². The van der Waals surface area contributed by atoms with Crippen molar-refractivity contribution < 1.29 is 12.8 Å². The van der Waals surface area contributed by atoms with Gasteiger partial charge in [0.2, 0.25) is 5.03 Å². The maximum absolute atomic E-state index is 13.1. The molecule has 1 aromatic carbocycles. The van der Waals surface area contributed by atoms with Crippen molar-refractivity contribution in [2.24, 2.45) is 7.05 Å². The largest absolute Gasteiger partial charge is 0.324 e. The number of aryl methyl sites for hydroxylation is 1. The fraction of sp³-hybridized carbons (Fsp3) is 0.100. The van der Waals surface area contributed by atoms with Gasteiger partial charge >= 0.3 is 0 Å². The summed E-state index contributed by atoms with van der Waals surface area (Å²) in [5.41, 5.74) is -0.00767. The molecular formula is C10H8Cl2FN3O2S. The molecule has 0 aliphatic heterocycles. The lowest BCUT2D eigenvalue weighted by Crippen LogP contribution is -2.14. The molecule has 2 rings (SSSR count). The number of imidazole rings is 1. The second kappa shape index (κ2) is 4.99. The third kappa shape index (κ3) is 2.99. The van der Waals surface area contributed by atoms with Gasteiger partial charge in [-0.15, -0.1) is 0 Å². The Morgan fingerprint density at radius 2 is 2.00 bits per heavy atom. The summed E-state index contributed by atoms with van der Waals surface area (Å²) in [6, 6.07) is 3.34. The van der Waals surface area contributed by atoms with Crippen molar-refractivity contribution in [3.05, 3.63) is 40.5 Å². The third-order valence-corrected chi connectivity index (χ3v) is 4.29. The Hall–Kier alpha value is -1.31. The lowest BCUT2D eigenvalue weighted by atomic mass is 10.3. The third-order valence-electron chi connectivity index (χ3n) is 2.20. The zero-order valence-corrected chi connectivity index (χ0v) is 11.9. The van der Waals surface area contributed by atoms with Crippen LogP contribution in [0.4, 0.5) is 10.1 Å². The lowest BCUT2D eigenvalue weighted by Gasteiger charge is -2.07. The van der Waals surface area contributed by atoms with Crippen LogP contribution in [-0.2, 0) is 17.1 Å². The molecule has 0 unspecified atom stereocenters. The molecule has 5 nitrogen and oxygen atoms in total. The summed E-state index contributed by atoms with van der Waals surface area (Å²) in [6.45, 7) is 0. The molecule has 0 amide bonds. The SMILES string of the molecule is Cn1cnc(S(=O)(=O)Nc2cc(F)cc(Cl)c2)c1Cl. The molecule has 19 heavy (non-hydrogen) atoms. The number of hydrogen-bond donors (Lipinski definition) is 1. The quantitative estimate of drug-likeness (QED) is 0.944. The molecule has 9 heteroatoms. The van der Waals surface area contributed by atoms with Crippen LogP contribution in [-0.4, -0.2) is 18.0 Å². The van der Waals surface area contributed by atoms with Crippen LogP contribution in [0, 0.1) is 5.82 Å². The van der Waals surface area contributed by atoms with Crippen LogP contribution < -0.4 is 4.72 Å². The van der Waals surface area contributed by atoms with E-state index in [4.69, 9.17) is 23.2 Å². The molecule has 0 fully saturated rings. The molecule has 0 radical (unpaired) electrons. The van der Waals surface area contributed by atoms with Gasteiger partial charge in [-0.25, -0.2) is 9.37 Å². The second-order valence-corrected chi connectivity index (χ2v) is 6.11. The summed E-state index contributed by atoms with van der Waals surface area (Å²) in [7, 11) is -2.45. The Bertz CT molecular complexity index is 710. The molecule has 0 saturated carbocycles. The summed E-state index contributed by atoms with van der Waals surface area (Å²) in [6.07, 6.45) is 1.26. The van der Waals surface area contributed by atoms with Crippen molar-refractivity contribution in [2.45, 2.75) is 5.03 Å². The minimum atomic E-state index is -4.00. The predicted molar refractivity (Wildman–Crippen MR) is 70.4 cm³/mol. The van der Waals surface area contributed by atoms with Crippen molar-refractivity contribution in [3.8, 4) is 0 Å². The Morgan fingerprint density at radius 1 is 1.32 bits per heavy atom. The van der Waals surface area contributed by atoms with Gasteiger partial charge < -0.3 is 4.57 Å². The Balaban J connectivity index is 2.39. The first-order valence-corrected chi connectivity index (χ1v) is 7.19. The van der Waals surface area contributed by atoms with Crippen LogP contribution in [0.25, 0.3) is 0 Å². The van der Waals surface area contributed by atoms with Crippen LogP contribution >= 0.6 is 23.2 Å². The van der Waals surface area contributed by atoms with E-state index in [2.05, 4.69) is 9.71 Å². The van der Waals surface area contributed by atoms with E-state index in [9.17, 15) is 12.8 Å². The fourth-order valence-electron chi connectivity index (χ4n) is 1.39. The van der Waals surface area contributed by atoms with Gasteiger partial charge in [-0.1, -0.05) is 23.2 Å². The number of aromatic nitrogens is 2. The highest BCUT2D eigenvalue weighted by Gasteiger charge is 2.22. The Labute approximate surface area is 119 Å². The van der Waals surface area contributed by atoms with Gasteiger partial charge in [-0.3, -0.25) is 4.72 Å². The number of sulfonamides is 1. The highest BCUT2D eigenvalue weighted by molar-refractivity contribution is 7.92. The normalized spacial score (nSPS) is 11.6. The number of halogens is 3. The first-order valence-electron chi connectivity index (χ1n) is 4.95. The molecular weight excluding hydrogens is 316 g/mol. The van der Waals surface area contributed by atoms with Crippen molar-refractivity contribution in [1.29, 1.82) is 0 Å². The van der Waals surface area contributed by atoms with Gasteiger partial charge in [-0.2, -0.15) is 8.42 Å².